The van der Waals surface area contributed by atoms with E-state index in [0.29, 0.717) is 49.7 Å². The third kappa shape index (κ3) is 5.40. The fourth-order valence-corrected chi connectivity index (χ4v) is 9.35. The Balaban J connectivity index is 1.30. The van der Waals surface area contributed by atoms with E-state index in [1.54, 1.807) is 61.5 Å². The van der Waals surface area contributed by atoms with E-state index >= 15 is 4.79 Å². The van der Waals surface area contributed by atoms with Gasteiger partial charge in [-0.25, -0.2) is 9.88 Å². The maximum atomic E-state index is 15.2. The number of halogens is 6. The number of amides is 4. The number of aromatic hydroxyl groups is 1. The lowest BCUT2D eigenvalue weighted by Crippen LogP contribution is -2.53. The summed E-state index contributed by atoms with van der Waals surface area (Å²) in [6, 6.07) is 18.2. The van der Waals surface area contributed by atoms with Gasteiger partial charge < -0.3 is 5.11 Å². The largest absolute Gasteiger partial charge is 0.508 e. The quantitative estimate of drug-likeness (QED) is 0.154. The van der Waals surface area contributed by atoms with Crippen LogP contribution in [0.1, 0.15) is 41.0 Å². The summed E-state index contributed by atoms with van der Waals surface area (Å²) < 4.78 is 40.3. The van der Waals surface area contributed by atoms with Gasteiger partial charge in [0.05, 0.1) is 39.4 Å². The summed E-state index contributed by atoms with van der Waals surface area (Å²) in [5.74, 6) is -7.44. The molecule has 4 aliphatic rings. The number of hydrogen-bond donors (Lipinski definition) is 2. The van der Waals surface area contributed by atoms with E-state index in [4.69, 9.17) is 34.8 Å². The van der Waals surface area contributed by atoms with Crippen molar-refractivity contribution in [1.82, 2.24) is 9.99 Å². The fourth-order valence-electron chi connectivity index (χ4n) is 8.84. The molecule has 3 fully saturated rings. The molecule has 8 rings (SSSR count). The highest BCUT2D eigenvalue weighted by Crippen LogP contribution is 2.64. The number of nitrogens with zero attached hydrogens (tertiary/aromatic N) is 3. The molecule has 2 saturated heterocycles. The van der Waals surface area contributed by atoms with E-state index in [1.165, 1.54) is 12.1 Å². The van der Waals surface area contributed by atoms with Crippen LogP contribution in [0.4, 0.5) is 24.7 Å². The van der Waals surface area contributed by atoms with Crippen LogP contribution in [-0.4, -0.2) is 38.7 Å². The van der Waals surface area contributed by atoms with Crippen molar-refractivity contribution in [3.63, 3.8) is 0 Å². The molecule has 6 unspecified atom stereocenters. The maximum absolute atomic E-state index is 15.2. The average molecular weight is 796 g/mol. The van der Waals surface area contributed by atoms with Crippen LogP contribution < -0.4 is 10.3 Å². The molecule has 3 aromatic carbocycles. The zero-order chi connectivity index (χ0) is 38.4. The predicted octanol–water partition coefficient (Wildman–Crippen LogP) is 8.26. The van der Waals surface area contributed by atoms with Gasteiger partial charge in [0, 0.05) is 22.2 Å². The lowest BCUT2D eigenvalue weighted by Gasteiger charge is -2.50. The Hall–Kier alpha value is -4.91. The standard InChI is InChI=1S/C39H28Cl3F3N4O5/c1-18-5-10-23(15-29(18)41)48-34(51)26-12-11-25-27(31(26)36(48)53)16-28-35(52)49(47-33-30(42)14-21(17-46-33)39(43,44)45)37(54)38(28,20-6-8-22(40)9-7-20)32(25)19-3-2-4-24(50)13-19/h2-11,13-15,17,26-28,31-32,50H,12,16H2,1H3,(H,46,47). The summed E-state index contributed by atoms with van der Waals surface area (Å²) in [6.07, 6.45) is -2.26. The Morgan fingerprint density at radius 3 is 2.30 bits per heavy atom. The number of phenolic OH excluding ortho intramolecular Hbond substituents is 1. The minimum atomic E-state index is -4.75. The third-order valence-electron chi connectivity index (χ3n) is 11.2. The van der Waals surface area contributed by atoms with Crippen molar-refractivity contribution in [2.75, 3.05) is 10.3 Å². The molecule has 276 valence electrons. The number of hydrogen-bond acceptors (Lipinski definition) is 7. The highest BCUT2D eigenvalue weighted by molar-refractivity contribution is 6.33. The highest BCUT2D eigenvalue weighted by Gasteiger charge is 2.70. The lowest BCUT2D eigenvalue weighted by atomic mass is 9.49. The van der Waals surface area contributed by atoms with E-state index in [-0.39, 0.29) is 24.4 Å². The van der Waals surface area contributed by atoms with Crippen LogP contribution in [0.15, 0.2) is 90.6 Å². The number of anilines is 2. The Bertz CT molecular complexity index is 2320. The van der Waals surface area contributed by atoms with Crippen molar-refractivity contribution in [1.29, 1.82) is 0 Å². The molecule has 0 spiro atoms. The van der Waals surface area contributed by atoms with Gasteiger partial charge in [0.1, 0.15) is 5.75 Å². The number of carbonyl (C=O) groups excluding carboxylic acids is 4. The summed E-state index contributed by atoms with van der Waals surface area (Å²) in [5.41, 5.74) is 2.30. The van der Waals surface area contributed by atoms with Crippen molar-refractivity contribution in [2.45, 2.75) is 37.3 Å². The molecule has 0 bridgehead atoms. The van der Waals surface area contributed by atoms with Crippen LogP contribution in [-0.2, 0) is 30.8 Å². The minimum Gasteiger partial charge on any atom is -0.508 e. The molecule has 2 aliphatic heterocycles. The number of nitrogens with one attached hydrogen (secondary N) is 1. The number of benzene rings is 3. The molecule has 9 nitrogen and oxygen atoms in total. The zero-order valence-corrected chi connectivity index (χ0v) is 30.3. The normalized spacial score (nSPS) is 26.4. The average Bonchev–Trinajstić information content (AvgIpc) is 3.50. The van der Waals surface area contributed by atoms with Gasteiger partial charge in [0.2, 0.25) is 11.8 Å². The van der Waals surface area contributed by atoms with E-state index in [0.717, 1.165) is 10.5 Å². The SMILES string of the molecule is Cc1ccc(N2C(=O)C3CC=C4C(CC5C(=O)N(Nc6ncc(C(F)(F)F)cc6Cl)C(=O)C5(c5ccc(Cl)cc5)C4c4cccc(O)c4)C3C2=O)cc1Cl. The van der Waals surface area contributed by atoms with Gasteiger partial charge in [0.25, 0.3) is 11.8 Å². The second kappa shape index (κ2) is 12.9. The Morgan fingerprint density at radius 2 is 1.63 bits per heavy atom. The highest BCUT2D eigenvalue weighted by atomic mass is 35.5. The van der Waals surface area contributed by atoms with Crippen LogP contribution >= 0.6 is 34.8 Å². The molecular weight excluding hydrogens is 768 g/mol. The van der Waals surface area contributed by atoms with Crippen LogP contribution in [0, 0.1) is 30.6 Å². The molecular formula is C39H28Cl3F3N4O5. The second-order valence-corrected chi connectivity index (χ2v) is 15.2. The smallest absolute Gasteiger partial charge is 0.417 e. The van der Waals surface area contributed by atoms with E-state index in [2.05, 4.69) is 10.4 Å². The summed E-state index contributed by atoms with van der Waals surface area (Å²) in [6.45, 7) is 1.80. The first-order valence-corrected chi connectivity index (χ1v) is 18.0. The van der Waals surface area contributed by atoms with Crippen LogP contribution in [0.3, 0.4) is 0 Å². The van der Waals surface area contributed by atoms with Gasteiger partial charge >= 0.3 is 6.18 Å². The van der Waals surface area contributed by atoms with Gasteiger partial charge in [-0.2, -0.15) is 18.2 Å². The summed E-state index contributed by atoms with van der Waals surface area (Å²) in [5, 5.41) is 11.7. The number of aryl methyl sites for hydroxylation is 1. The van der Waals surface area contributed by atoms with Crippen molar-refractivity contribution >= 4 is 69.9 Å². The van der Waals surface area contributed by atoms with Gasteiger partial charge in [-0.1, -0.05) is 76.8 Å². The van der Waals surface area contributed by atoms with Crippen molar-refractivity contribution < 1.29 is 37.5 Å². The van der Waals surface area contributed by atoms with Gasteiger partial charge in [-0.15, -0.1) is 0 Å². The van der Waals surface area contributed by atoms with Crippen molar-refractivity contribution in [2.24, 2.45) is 23.7 Å². The topological polar surface area (TPSA) is 120 Å². The van der Waals surface area contributed by atoms with Crippen LogP contribution in [0.25, 0.3) is 0 Å². The Kier molecular flexibility index (Phi) is 8.59. The van der Waals surface area contributed by atoms with Crippen LogP contribution in [0.5, 0.6) is 5.75 Å². The first kappa shape index (κ1) is 36.1. The van der Waals surface area contributed by atoms with Crippen LogP contribution in [0.2, 0.25) is 15.1 Å². The van der Waals surface area contributed by atoms with E-state index < -0.39 is 75.4 Å². The maximum Gasteiger partial charge on any atom is 0.417 e. The molecule has 15 heteroatoms. The van der Waals surface area contributed by atoms with Crippen molar-refractivity contribution in [3.05, 3.63) is 128 Å². The Morgan fingerprint density at radius 1 is 0.889 bits per heavy atom. The molecule has 3 heterocycles. The molecule has 1 aromatic heterocycles. The lowest BCUT2D eigenvalue weighted by molar-refractivity contribution is -0.139. The summed E-state index contributed by atoms with van der Waals surface area (Å²) in [4.78, 5) is 63.4. The van der Waals surface area contributed by atoms with E-state index in [9.17, 15) is 32.7 Å². The number of alkyl halides is 3. The van der Waals surface area contributed by atoms with Crippen molar-refractivity contribution in [3.8, 4) is 5.75 Å². The number of phenols is 1. The van der Waals surface area contributed by atoms with Gasteiger partial charge in [-0.3, -0.25) is 24.6 Å². The number of aromatic nitrogens is 1. The molecule has 6 atom stereocenters. The number of imide groups is 2. The number of hydrazine groups is 1. The molecule has 1 saturated carbocycles. The van der Waals surface area contributed by atoms with E-state index in [1.807, 2.05) is 6.08 Å². The monoisotopic (exact) mass is 794 g/mol. The molecule has 2 aliphatic carbocycles. The van der Waals surface area contributed by atoms with Gasteiger partial charge in [0.15, 0.2) is 5.82 Å². The Labute approximate surface area is 321 Å². The minimum absolute atomic E-state index is 0.0522. The number of allylic oxidation sites excluding steroid dienone is 2. The molecule has 4 aromatic rings. The number of fused-ring (bicyclic) bond motifs is 4. The first-order chi connectivity index (χ1) is 25.6. The molecule has 2 N–H and O–H groups in total. The second-order valence-electron chi connectivity index (χ2n) is 14.0. The summed E-state index contributed by atoms with van der Waals surface area (Å²) >= 11 is 18.9. The zero-order valence-electron chi connectivity index (χ0n) is 28.1. The summed E-state index contributed by atoms with van der Waals surface area (Å²) in [7, 11) is 0. The molecule has 54 heavy (non-hydrogen) atoms. The fraction of sp³-hybridized carbons (Fsp3) is 0.256. The predicted molar refractivity (Wildman–Crippen MR) is 194 cm³/mol. The number of rotatable bonds is 5. The molecule has 0 radical (unpaired) electrons. The molecule has 4 amide bonds. The number of carbonyl (C=O) groups is 4. The van der Waals surface area contributed by atoms with Gasteiger partial charge in [-0.05, 0) is 84.8 Å². The number of pyridine rings is 1. The third-order valence-corrected chi connectivity index (χ3v) is 12.1. The first-order valence-electron chi connectivity index (χ1n) is 16.9.